The number of hydrogen-bond acceptors (Lipinski definition) is 3. The third-order valence-corrected chi connectivity index (χ3v) is 4.92. The van der Waals surface area contributed by atoms with Crippen molar-refractivity contribution in [2.45, 2.75) is 45.1 Å². The minimum Gasteiger partial charge on any atom is -0.350 e. The topological polar surface area (TPSA) is 78.5 Å². The first-order valence-corrected chi connectivity index (χ1v) is 9.06. The molecular weight excluding hydrogens is 318 g/mol. The monoisotopic (exact) mass is 343 g/mol. The Hall–Kier alpha value is -2.37. The van der Waals surface area contributed by atoms with Crippen molar-refractivity contribution in [3.8, 4) is 0 Å². The van der Waals surface area contributed by atoms with Gasteiger partial charge in [-0.3, -0.25) is 14.4 Å². The minimum absolute atomic E-state index is 0.0575. The smallest absolute Gasteiger partial charge is 0.239 e. The highest BCUT2D eigenvalue weighted by Crippen LogP contribution is 2.27. The van der Waals surface area contributed by atoms with Crippen molar-refractivity contribution in [2.24, 2.45) is 5.92 Å². The number of nitrogens with zero attached hydrogens (tertiary/aromatic N) is 1. The fourth-order valence-corrected chi connectivity index (χ4v) is 3.13. The van der Waals surface area contributed by atoms with Crippen LogP contribution in [-0.2, 0) is 20.9 Å². The Kier molecular flexibility index (Phi) is 5.68. The van der Waals surface area contributed by atoms with Gasteiger partial charge >= 0.3 is 0 Å². The summed E-state index contributed by atoms with van der Waals surface area (Å²) in [6.07, 6.45) is 5.48. The maximum absolute atomic E-state index is 12.1. The third kappa shape index (κ3) is 4.81. The molecule has 0 aromatic heterocycles. The van der Waals surface area contributed by atoms with Crippen molar-refractivity contribution in [3.05, 3.63) is 29.8 Å². The molecule has 1 saturated heterocycles. The summed E-state index contributed by atoms with van der Waals surface area (Å²) in [5, 5.41) is 5.79. The van der Waals surface area contributed by atoms with Gasteiger partial charge in [-0.25, -0.2) is 0 Å². The highest BCUT2D eigenvalue weighted by Gasteiger charge is 2.25. The lowest BCUT2D eigenvalue weighted by Gasteiger charge is -2.26. The molecule has 0 unspecified atom stereocenters. The van der Waals surface area contributed by atoms with Crippen LogP contribution in [0, 0.1) is 5.92 Å². The number of amides is 3. The van der Waals surface area contributed by atoms with E-state index in [-0.39, 0.29) is 30.2 Å². The number of likely N-dealkylation sites (tertiary alicyclic amines) is 1. The number of carbonyl (C=O) groups is 3. The van der Waals surface area contributed by atoms with Gasteiger partial charge in [0.05, 0.1) is 6.54 Å². The highest BCUT2D eigenvalue weighted by molar-refractivity contribution is 5.93. The van der Waals surface area contributed by atoms with Crippen molar-refractivity contribution in [1.82, 2.24) is 10.2 Å². The molecule has 2 aliphatic rings. The number of benzene rings is 1. The van der Waals surface area contributed by atoms with E-state index in [1.807, 2.05) is 24.3 Å². The van der Waals surface area contributed by atoms with Crippen LogP contribution < -0.4 is 10.6 Å². The second kappa shape index (κ2) is 8.14. The van der Waals surface area contributed by atoms with Crippen LogP contribution in [0.15, 0.2) is 24.3 Å². The van der Waals surface area contributed by atoms with Gasteiger partial charge in [-0.1, -0.05) is 18.6 Å². The SMILES string of the molecule is O=C(CN1CCCCC1=O)NCc1cccc(NC(=O)C2CCC2)c1. The molecular formula is C19H25N3O3. The molecule has 2 N–H and O–H groups in total. The molecule has 25 heavy (non-hydrogen) atoms. The maximum Gasteiger partial charge on any atom is 0.239 e. The summed E-state index contributed by atoms with van der Waals surface area (Å²) in [5.41, 5.74) is 1.68. The Labute approximate surface area is 148 Å². The fraction of sp³-hybridized carbons (Fsp3) is 0.526. The fourth-order valence-electron chi connectivity index (χ4n) is 3.13. The van der Waals surface area contributed by atoms with Crippen LogP contribution in [0.25, 0.3) is 0 Å². The van der Waals surface area contributed by atoms with Crippen LogP contribution in [-0.4, -0.2) is 35.7 Å². The van der Waals surface area contributed by atoms with E-state index >= 15 is 0 Å². The van der Waals surface area contributed by atoms with Crippen molar-refractivity contribution >= 4 is 23.4 Å². The number of anilines is 1. The Bertz CT molecular complexity index is 655. The zero-order valence-electron chi connectivity index (χ0n) is 14.4. The summed E-state index contributed by atoms with van der Waals surface area (Å²) < 4.78 is 0. The standard InChI is InChI=1S/C19H25N3O3/c23-17(13-22-10-2-1-9-18(22)24)20-12-14-5-3-8-16(11-14)21-19(25)15-6-4-7-15/h3,5,8,11,15H,1-2,4,6-7,9-10,12-13H2,(H,20,23)(H,21,25). The normalized spacial score (nSPS) is 17.8. The molecule has 1 aromatic rings. The van der Waals surface area contributed by atoms with E-state index in [1.54, 1.807) is 4.90 Å². The van der Waals surface area contributed by atoms with Gasteiger partial charge in [-0.2, -0.15) is 0 Å². The zero-order valence-corrected chi connectivity index (χ0v) is 14.4. The second-order valence-corrected chi connectivity index (χ2v) is 6.87. The average Bonchev–Trinajstić information content (AvgIpc) is 2.54. The van der Waals surface area contributed by atoms with Crippen LogP contribution in [0.4, 0.5) is 5.69 Å². The van der Waals surface area contributed by atoms with Crippen molar-refractivity contribution < 1.29 is 14.4 Å². The van der Waals surface area contributed by atoms with Crippen LogP contribution in [0.1, 0.15) is 44.1 Å². The number of nitrogens with one attached hydrogen (secondary N) is 2. The van der Waals surface area contributed by atoms with Crippen molar-refractivity contribution in [3.63, 3.8) is 0 Å². The predicted octanol–water partition coefficient (Wildman–Crippen LogP) is 2.05. The molecule has 6 nitrogen and oxygen atoms in total. The molecule has 3 rings (SSSR count). The number of carbonyl (C=O) groups excluding carboxylic acids is 3. The van der Waals surface area contributed by atoms with Crippen LogP contribution in [0.2, 0.25) is 0 Å². The van der Waals surface area contributed by atoms with Crippen molar-refractivity contribution in [1.29, 1.82) is 0 Å². The first-order valence-electron chi connectivity index (χ1n) is 9.06. The molecule has 0 atom stereocenters. The van der Waals surface area contributed by atoms with E-state index in [0.717, 1.165) is 43.4 Å². The third-order valence-electron chi connectivity index (χ3n) is 4.92. The number of piperidine rings is 1. The molecule has 1 saturated carbocycles. The van der Waals surface area contributed by atoms with Gasteiger partial charge in [0.2, 0.25) is 17.7 Å². The van der Waals surface area contributed by atoms with Crippen LogP contribution in [0.3, 0.4) is 0 Å². The molecule has 1 aromatic carbocycles. The summed E-state index contributed by atoms with van der Waals surface area (Å²) in [4.78, 5) is 37.4. The summed E-state index contributed by atoms with van der Waals surface area (Å²) in [6.45, 7) is 1.17. The summed E-state index contributed by atoms with van der Waals surface area (Å²) in [6, 6.07) is 7.51. The molecule has 0 radical (unpaired) electrons. The Morgan fingerprint density at radius 1 is 1.16 bits per heavy atom. The first kappa shape index (κ1) is 17.5. The van der Waals surface area contributed by atoms with Crippen molar-refractivity contribution in [2.75, 3.05) is 18.4 Å². The average molecular weight is 343 g/mol. The Morgan fingerprint density at radius 3 is 2.72 bits per heavy atom. The second-order valence-electron chi connectivity index (χ2n) is 6.87. The van der Waals surface area contributed by atoms with Gasteiger partial charge in [0.25, 0.3) is 0 Å². The molecule has 0 bridgehead atoms. The lowest BCUT2D eigenvalue weighted by Crippen LogP contribution is -2.42. The molecule has 1 heterocycles. The lowest BCUT2D eigenvalue weighted by atomic mass is 9.85. The zero-order chi connectivity index (χ0) is 17.6. The molecule has 3 amide bonds. The molecule has 6 heteroatoms. The Morgan fingerprint density at radius 2 is 2.00 bits per heavy atom. The van der Waals surface area contributed by atoms with E-state index in [9.17, 15) is 14.4 Å². The van der Waals surface area contributed by atoms with Gasteiger partial charge in [-0.15, -0.1) is 0 Å². The predicted molar refractivity (Wildman–Crippen MR) is 94.7 cm³/mol. The number of rotatable bonds is 6. The maximum atomic E-state index is 12.1. The van der Waals surface area contributed by atoms with E-state index in [0.29, 0.717) is 19.5 Å². The van der Waals surface area contributed by atoms with Gasteiger partial charge in [-0.05, 0) is 43.4 Å². The van der Waals surface area contributed by atoms with Gasteiger partial charge in [0.15, 0.2) is 0 Å². The van der Waals surface area contributed by atoms with Gasteiger partial charge in [0, 0.05) is 31.1 Å². The quantitative estimate of drug-likeness (QED) is 0.830. The summed E-state index contributed by atoms with van der Waals surface area (Å²) >= 11 is 0. The van der Waals surface area contributed by atoms with E-state index in [2.05, 4.69) is 10.6 Å². The Balaban J connectivity index is 1.47. The highest BCUT2D eigenvalue weighted by atomic mass is 16.2. The number of hydrogen-bond donors (Lipinski definition) is 2. The van der Waals surface area contributed by atoms with Crippen LogP contribution >= 0.6 is 0 Å². The van der Waals surface area contributed by atoms with E-state index in [1.165, 1.54) is 0 Å². The molecule has 0 spiro atoms. The van der Waals surface area contributed by atoms with E-state index in [4.69, 9.17) is 0 Å². The van der Waals surface area contributed by atoms with E-state index < -0.39 is 0 Å². The van der Waals surface area contributed by atoms with Gasteiger partial charge < -0.3 is 15.5 Å². The summed E-state index contributed by atoms with van der Waals surface area (Å²) in [7, 11) is 0. The molecule has 1 aliphatic heterocycles. The molecule has 2 fully saturated rings. The van der Waals surface area contributed by atoms with Gasteiger partial charge in [0.1, 0.15) is 0 Å². The van der Waals surface area contributed by atoms with Crippen LogP contribution in [0.5, 0.6) is 0 Å². The minimum atomic E-state index is -0.154. The molecule has 134 valence electrons. The summed E-state index contributed by atoms with van der Waals surface area (Å²) in [5.74, 6) is 0.128. The molecule has 1 aliphatic carbocycles. The first-order chi connectivity index (χ1) is 12.1. The lowest BCUT2D eigenvalue weighted by molar-refractivity contribution is -0.137. The largest absolute Gasteiger partial charge is 0.350 e.